The molecule has 0 aliphatic carbocycles. The van der Waals surface area contributed by atoms with Gasteiger partial charge in [0.2, 0.25) is 0 Å². The van der Waals surface area contributed by atoms with Gasteiger partial charge < -0.3 is 15.5 Å². The number of anilines is 1. The van der Waals surface area contributed by atoms with Crippen LogP contribution in [0.3, 0.4) is 0 Å². The first-order chi connectivity index (χ1) is 14.1. The molecule has 10 nitrogen and oxygen atoms in total. The average molecular weight is 393 g/mol. The summed E-state index contributed by atoms with van der Waals surface area (Å²) in [6.07, 6.45) is 5.75. The highest BCUT2D eigenvalue weighted by Crippen LogP contribution is 2.28. The minimum Gasteiger partial charge on any atom is -0.362 e. The fourth-order valence-corrected chi connectivity index (χ4v) is 3.38. The molecule has 4 heterocycles. The summed E-state index contributed by atoms with van der Waals surface area (Å²) in [4.78, 5) is 30.2. The second kappa shape index (κ2) is 7.92. The standard InChI is InChI=1S/C19H23N9O/c1-26(2)18-14-5-9-27(19(29)16-12-28(10-6-20)25-24-16)11-15(14)22-17(23-18)13-3-7-21-8-4-13/h3-4,7-8,12H,5-6,9-11,20H2,1-2H3. The molecule has 4 rings (SSSR count). The highest BCUT2D eigenvalue weighted by atomic mass is 16.2. The van der Waals surface area contributed by atoms with Crippen molar-refractivity contribution in [3.05, 3.63) is 47.7 Å². The van der Waals surface area contributed by atoms with Crippen LogP contribution in [0, 0.1) is 0 Å². The van der Waals surface area contributed by atoms with Crippen molar-refractivity contribution in [1.29, 1.82) is 0 Å². The van der Waals surface area contributed by atoms with Crippen LogP contribution >= 0.6 is 0 Å². The molecule has 3 aromatic heterocycles. The number of amides is 1. The van der Waals surface area contributed by atoms with Crippen molar-refractivity contribution in [3.63, 3.8) is 0 Å². The predicted octanol–water partition coefficient (Wildman–Crippen LogP) is 0.353. The molecule has 1 aliphatic heterocycles. The van der Waals surface area contributed by atoms with Crippen molar-refractivity contribution in [2.75, 3.05) is 32.1 Å². The van der Waals surface area contributed by atoms with Crippen LogP contribution in [0.1, 0.15) is 21.7 Å². The van der Waals surface area contributed by atoms with Crippen LogP contribution in [-0.4, -0.2) is 67.9 Å². The van der Waals surface area contributed by atoms with Crippen LogP contribution in [0.15, 0.2) is 30.7 Å². The molecule has 3 aromatic rings. The minimum atomic E-state index is -0.158. The first kappa shape index (κ1) is 18.9. The zero-order valence-corrected chi connectivity index (χ0v) is 16.5. The Morgan fingerprint density at radius 2 is 2.03 bits per heavy atom. The van der Waals surface area contributed by atoms with Gasteiger partial charge in [0.25, 0.3) is 5.91 Å². The molecular weight excluding hydrogens is 370 g/mol. The topological polar surface area (TPSA) is 119 Å². The van der Waals surface area contributed by atoms with Gasteiger partial charge in [0.05, 0.1) is 25.0 Å². The third-order valence-electron chi connectivity index (χ3n) is 4.81. The second-order valence-electron chi connectivity index (χ2n) is 7.06. The fourth-order valence-electron chi connectivity index (χ4n) is 3.38. The van der Waals surface area contributed by atoms with Gasteiger partial charge in [-0.1, -0.05) is 5.21 Å². The van der Waals surface area contributed by atoms with Gasteiger partial charge >= 0.3 is 0 Å². The lowest BCUT2D eigenvalue weighted by Crippen LogP contribution is -2.37. The lowest BCUT2D eigenvalue weighted by Gasteiger charge is -2.30. The Labute approximate surface area is 168 Å². The molecule has 0 aromatic carbocycles. The lowest BCUT2D eigenvalue weighted by atomic mass is 10.0. The average Bonchev–Trinajstić information content (AvgIpc) is 3.21. The molecule has 150 valence electrons. The highest BCUT2D eigenvalue weighted by molar-refractivity contribution is 5.92. The molecule has 0 spiro atoms. The Kier molecular flexibility index (Phi) is 5.17. The number of nitrogens with zero attached hydrogens (tertiary/aromatic N) is 8. The number of aromatic nitrogens is 6. The molecule has 2 N–H and O–H groups in total. The number of fused-ring (bicyclic) bond motifs is 1. The molecule has 0 unspecified atom stereocenters. The molecule has 0 atom stereocenters. The van der Waals surface area contributed by atoms with Gasteiger partial charge in [0.15, 0.2) is 11.5 Å². The third kappa shape index (κ3) is 3.79. The Bertz CT molecular complexity index is 1020. The van der Waals surface area contributed by atoms with Crippen molar-refractivity contribution in [1.82, 2.24) is 34.8 Å². The van der Waals surface area contributed by atoms with E-state index in [-0.39, 0.29) is 5.91 Å². The van der Waals surface area contributed by atoms with Crippen molar-refractivity contribution in [2.24, 2.45) is 5.73 Å². The molecule has 1 aliphatic rings. The first-order valence-corrected chi connectivity index (χ1v) is 9.44. The summed E-state index contributed by atoms with van der Waals surface area (Å²) >= 11 is 0. The number of hydrogen-bond acceptors (Lipinski definition) is 8. The number of carbonyl (C=O) groups excluding carboxylic acids is 1. The van der Waals surface area contributed by atoms with Crippen LogP contribution in [0.4, 0.5) is 5.82 Å². The van der Waals surface area contributed by atoms with E-state index in [9.17, 15) is 4.79 Å². The van der Waals surface area contributed by atoms with E-state index in [0.29, 0.717) is 44.1 Å². The van der Waals surface area contributed by atoms with E-state index in [4.69, 9.17) is 15.7 Å². The van der Waals surface area contributed by atoms with E-state index in [1.807, 2.05) is 31.1 Å². The largest absolute Gasteiger partial charge is 0.362 e. The maximum atomic E-state index is 12.9. The van der Waals surface area contributed by atoms with Crippen LogP contribution < -0.4 is 10.6 Å². The fraction of sp³-hybridized carbons (Fsp3) is 0.368. The summed E-state index contributed by atoms with van der Waals surface area (Å²) < 4.78 is 1.58. The first-order valence-electron chi connectivity index (χ1n) is 9.44. The van der Waals surface area contributed by atoms with Gasteiger partial charge in [-0.2, -0.15) is 0 Å². The molecule has 29 heavy (non-hydrogen) atoms. The number of rotatable bonds is 5. The minimum absolute atomic E-state index is 0.158. The SMILES string of the molecule is CN(C)c1nc(-c2ccncc2)nc2c1CCN(C(=O)c1cn(CCN)nn1)C2. The summed E-state index contributed by atoms with van der Waals surface area (Å²) in [5, 5.41) is 7.95. The number of nitrogens with two attached hydrogens (primary N) is 1. The molecular formula is C19H23N9O. The quantitative estimate of drug-likeness (QED) is 0.660. The number of hydrogen-bond donors (Lipinski definition) is 1. The van der Waals surface area contributed by atoms with E-state index in [1.54, 1.807) is 28.2 Å². The van der Waals surface area contributed by atoms with Crippen LogP contribution in [-0.2, 0) is 19.5 Å². The number of pyridine rings is 1. The van der Waals surface area contributed by atoms with Crippen molar-refractivity contribution in [3.8, 4) is 11.4 Å². The molecule has 1 amide bonds. The Morgan fingerprint density at radius 1 is 1.24 bits per heavy atom. The van der Waals surface area contributed by atoms with Gasteiger partial charge in [0.1, 0.15) is 5.82 Å². The van der Waals surface area contributed by atoms with Crippen molar-refractivity contribution in [2.45, 2.75) is 19.5 Å². The van der Waals surface area contributed by atoms with Gasteiger partial charge in [-0.05, 0) is 18.6 Å². The monoisotopic (exact) mass is 393 g/mol. The maximum absolute atomic E-state index is 12.9. The molecule has 0 radical (unpaired) electrons. The molecule has 0 fully saturated rings. The van der Waals surface area contributed by atoms with E-state index in [2.05, 4.69) is 15.3 Å². The summed E-state index contributed by atoms with van der Waals surface area (Å²) in [5.74, 6) is 1.34. The zero-order chi connectivity index (χ0) is 20.4. The Hall–Kier alpha value is -3.40. The Morgan fingerprint density at radius 3 is 2.76 bits per heavy atom. The molecule has 0 bridgehead atoms. The number of carbonyl (C=O) groups is 1. The van der Waals surface area contributed by atoms with Crippen LogP contribution in [0.5, 0.6) is 0 Å². The van der Waals surface area contributed by atoms with Gasteiger partial charge in [0, 0.05) is 50.7 Å². The van der Waals surface area contributed by atoms with E-state index < -0.39 is 0 Å². The van der Waals surface area contributed by atoms with E-state index >= 15 is 0 Å². The van der Waals surface area contributed by atoms with E-state index in [1.165, 1.54) is 0 Å². The van der Waals surface area contributed by atoms with Gasteiger partial charge in [-0.15, -0.1) is 5.10 Å². The smallest absolute Gasteiger partial charge is 0.276 e. The van der Waals surface area contributed by atoms with Crippen LogP contribution in [0.25, 0.3) is 11.4 Å². The van der Waals surface area contributed by atoms with Gasteiger partial charge in [-0.3, -0.25) is 14.5 Å². The summed E-state index contributed by atoms with van der Waals surface area (Å²) in [6, 6.07) is 3.76. The lowest BCUT2D eigenvalue weighted by molar-refractivity contribution is 0.0725. The maximum Gasteiger partial charge on any atom is 0.276 e. The normalized spacial score (nSPS) is 13.3. The van der Waals surface area contributed by atoms with Crippen molar-refractivity contribution < 1.29 is 4.79 Å². The van der Waals surface area contributed by atoms with Crippen LogP contribution in [0.2, 0.25) is 0 Å². The van der Waals surface area contributed by atoms with Crippen molar-refractivity contribution >= 4 is 11.7 Å². The summed E-state index contributed by atoms with van der Waals surface area (Å²) in [7, 11) is 3.93. The van der Waals surface area contributed by atoms with Gasteiger partial charge in [-0.25, -0.2) is 9.97 Å². The molecule has 10 heteroatoms. The third-order valence-corrected chi connectivity index (χ3v) is 4.81. The highest BCUT2D eigenvalue weighted by Gasteiger charge is 2.28. The Balaban J connectivity index is 1.65. The van der Waals surface area contributed by atoms with E-state index in [0.717, 1.165) is 22.6 Å². The summed E-state index contributed by atoms with van der Waals surface area (Å²) in [5.41, 5.74) is 8.67. The second-order valence-corrected chi connectivity index (χ2v) is 7.06. The molecule has 0 saturated carbocycles. The predicted molar refractivity (Wildman–Crippen MR) is 107 cm³/mol. The zero-order valence-electron chi connectivity index (χ0n) is 16.5. The molecule has 0 saturated heterocycles. The summed E-state index contributed by atoms with van der Waals surface area (Å²) in [6.45, 7) is 1.95.